The molecule has 0 aliphatic rings. The van der Waals surface area contributed by atoms with Gasteiger partial charge in [-0.15, -0.1) is 0 Å². The standard InChI is InChI=1S/C15H14/c1-13-9-5-3-2-4-6-10-14-11-7-8-12-15(13)14/h2-12H,1H3. The van der Waals surface area contributed by atoms with Crippen LogP contribution in [0.15, 0.2) is 66.7 Å². The summed E-state index contributed by atoms with van der Waals surface area (Å²) in [5, 5.41) is 2.57. The van der Waals surface area contributed by atoms with Crippen LogP contribution in [0, 0.1) is 6.92 Å². The normalized spacial score (nSPS) is 9.67. The van der Waals surface area contributed by atoms with Crippen molar-refractivity contribution in [2.45, 2.75) is 6.92 Å². The highest BCUT2D eigenvalue weighted by Gasteiger charge is 1.89. The van der Waals surface area contributed by atoms with Gasteiger partial charge in [0.15, 0.2) is 0 Å². The fourth-order valence-corrected chi connectivity index (χ4v) is 1.64. The van der Waals surface area contributed by atoms with E-state index in [4.69, 9.17) is 0 Å². The van der Waals surface area contributed by atoms with E-state index in [-0.39, 0.29) is 0 Å². The third-order valence-electron chi connectivity index (χ3n) is 2.45. The largest absolute Gasteiger partial charge is 0.0623 e. The lowest BCUT2D eigenvalue weighted by Crippen LogP contribution is -1.72. The second kappa shape index (κ2) is 4.61. The summed E-state index contributed by atoms with van der Waals surface area (Å²) in [6.07, 6.45) is 0. The first-order valence-electron chi connectivity index (χ1n) is 5.15. The molecule has 2 rings (SSSR count). The van der Waals surface area contributed by atoms with Crippen LogP contribution in [-0.2, 0) is 0 Å². The summed E-state index contributed by atoms with van der Waals surface area (Å²) in [6, 6.07) is 23.0. The molecule has 0 unspecified atom stereocenters. The van der Waals surface area contributed by atoms with Gasteiger partial charge in [0, 0.05) is 0 Å². The summed E-state index contributed by atoms with van der Waals surface area (Å²) in [5.74, 6) is 0. The van der Waals surface area contributed by atoms with Gasteiger partial charge in [-0.1, -0.05) is 66.7 Å². The van der Waals surface area contributed by atoms with Crippen molar-refractivity contribution in [2.24, 2.45) is 0 Å². The van der Waals surface area contributed by atoms with Gasteiger partial charge in [0.25, 0.3) is 0 Å². The van der Waals surface area contributed by atoms with Crippen molar-refractivity contribution < 1.29 is 0 Å². The van der Waals surface area contributed by atoms with Crippen LogP contribution in [-0.4, -0.2) is 0 Å². The Labute approximate surface area is 90.5 Å². The number of fused-ring (bicyclic) bond motifs is 1. The maximum atomic E-state index is 2.16. The van der Waals surface area contributed by atoms with Crippen molar-refractivity contribution in [2.75, 3.05) is 0 Å². The van der Waals surface area contributed by atoms with Gasteiger partial charge in [-0.05, 0) is 23.3 Å². The van der Waals surface area contributed by atoms with Crippen molar-refractivity contribution in [3.8, 4) is 0 Å². The Morgan fingerprint density at radius 2 is 1.13 bits per heavy atom. The van der Waals surface area contributed by atoms with Gasteiger partial charge < -0.3 is 0 Å². The lowest BCUT2D eigenvalue weighted by atomic mass is 10.1. The first kappa shape index (κ1) is 9.72. The first-order chi connectivity index (χ1) is 7.38. The van der Waals surface area contributed by atoms with E-state index in [9.17, 15) is 0 Å². The SMILES string of the molecule is Cc1cccccccc2ccccc12. The minimum atomic E-state index is 1.27. The highest BCUT2D eigenvalue weighted by atomic mass is 13.9. The van der Waals surface area contributed by atoms with E-state index in [0.29, 0.717) is 0 Å². The van der Waals surface area contributed by atoms with E-state index in [1.54, 1.807) is 0 Å². The van der Waals surface area contributed by atoms with Crippen LogP contribution < -0.4 is 0 Å². The molecule has 0 bridgehead atoms. The molecule has 0 heteroatoms. The van der Waals surface area contributed by atoms with Gasteiger partial charge in [-0.25, -0.2) is 0 Å². The van der Waals surface area contributed by atoms with Gasteiger partial charge in [-0.2, -0.15) is 0 Å². The molecule has 0 nitrogen and oxygen atoms in total. The number of aryl methyl sites for hydroxylation is 1. The molecular weight excluding hydrogens is 180 g/mol. The molecule has 0 aliphatic heterocycles. The van der Waals surface area contributed by atoms with Crippen LogP contribution in [0.25, 0.3) is 10.8 Å². The fourth-order valence-electron chi connectivity index (χ4n) is 1.64. The molecule has 0 atom stereocenters. The number of hydrogen-bond donors (Lipinski definition) is 0. The highest BCUT2D eigenvalue weighted by molar-refractivity contribution is 5.84. The third kappa shape index (κ3) is 2.35. The zero-order valence-electron chi connectivity index (χ0n) is 8.85. The molecule has 74 valence electrons. The monoisotopic (exact) mass is 194 g/mol. The van der Waals surface area contributed by atoms with Gasteiger partial charge in [0.2, 0.25) is 0 Å². The molecule has 2 aromatic carbocycles. The summed E-state index contributed by atoms with van der Waals surface area (Å²) in [5.41, 5.74) is 1.29. The van der Waals surface area contributed by atoms with Gasteiger partial charge >= 0.3 is 0 Å². The molecule has 0 spiro atoms. The zero-order valence-corrected chi connectivity index (χ0v) is 8.85. The molecular formula is C15H14. The quantitative estimate of drug-likeness (QED) is 0.587. The first-order valence-corrected chi connectivity index (χ1v) is 5.15. The molecule has 0 saturated heterocycles. The molecule has 0 heterocycles. The number of rotatable bonds is 0. The van der Waals surface area contributed by atoms with Gasteiger partial charge in [-0.3, -0.25) is 0 Å². The Kier molecular flexibility index (Phi) is 2.99. The Morgan fingerprint density at radius 3 is 1.93 bits per heavy atom. The van der Waals surface area contributed by atoms with Crippen LogP contribution in [0.2, 0.25) is 0 Å². The predicted molar refractivity (Wildman–Crippen MR) is 66.3 cm³/mol. The van der Waals surface area contributed by atoms with Crippen LogP contribution in [0.1, 0.15) is 5.56 Å². The maximum absolute atomic E-state index is 2.16. The molecule has 0 saturated carbocycles. The van der Waals surface area contributed by atoms with Crippen LogP contribution >= 0.6 is 0 Å². The maximum Gasteiger partial charge on any atom is -0.0155 e. The van der Waals surface area contributed by atoms with Gasteiger partial charge in [0.1, 0.15) is 0 Å². The average molecular weight is 194 g/mol. The zero-order chi connectivity index (χ0) is 10.5. The summed E-state index contributed by atoms with van der Waals surface area (Å²) in [4.78, 5) is 0. The van der Waals surface area contributed by atoms with E-state index in [0.717, 1.165) is 0 Å². The van der Waals surface area contributed by atoms with E-state index in [1.807, 2.05) is 18.2 Å². The van der Waals surface area contributed by atoms with E-state index in [2.05, 4.69) is 55.5 Å². The van der Waals surface area contributed by atoms with E-state index < -0.39 is 0 Å². The Balaban J connectivity index is 2.86. The van der Waals surface area contributed by atoms with Crippen molar-refractivity contribution in [1.82, 2.24) is 0 Å². The summed E-state index contributed by atoms with van der Waals surface area (Å²) >= 11 is 0. The lowest BCUT2D eigenvalue weighted by molar-refractivity contribution is 1.54. The molecule has 0 fully saturated rings. The molecule has 0 amide bonds. The molecule has 0 aromatic heterocycles. The van der Waals surface area contributed by atoms with Crippen LogP contribution in [0.5, 0.6) is 0 Å². The highest BCUT2D eigenvalue weighted by Crippen LogP contribution is 2.14. The third-order valence-corrected chi connectivity index (χ3v) is 2.45. The average Bonchev–Trinajstić information content (AvgIpc) is 2.28. The summed E-state index contributed by atoms with van der Waals surface area (Å²) in [6.45, 7) is 2.14. The van der Waals surface area contributed by atoms with Crippen LogP contribution in [0.4, 0.5) is 0 Å². The van der Waals surface area contributed by atoms with Crippen molar-refractivity contribution >= 4 is 10.8 Å². The van der Waals surface area contributed by atoms with Crippen molar-refractivity contribution in [3.63, 3.8) is 0 Å². The van der Waals surface area contributed by atoms with Gasteiger partial charge in [0.05, 0.1) is 0 Å². The topological polar surface area (TPSA) is 0 Å². The molecule has 0 N–H and O–H groups in total. The Bertz CT molecular complexity index is 510. The molecule has 0 aliphatic carbocycles. The smallest absolute Gasteiger partial charge is 0.0155 e. The summed E-state index contributed by atoms with van der Waals surface area (Å²) in [7, 11) is 0. The Morgan fingerprint density at radius 1 is 0.600 bits per heavy atom. The number of benzene rings is 1. The molecule has 2 aromatic rings. The van der Waals surface area contributed by atoms with E-state index in [1.165, 1.54) is 16.3 Å². The van der Waals surface area contributed by atoms with Crippen molar-refractivity contribution in [3.05, 3.63) is 72.3 Å². The second-order valence-electron chi connectivity index (χ2n) is 3.57. The predicted octanol–water partition coefficient (Wildman–Crippen LogP) is 4.27. The lowest BCUT2D eigenvalue weighted by Gasteiger charge is -1.96. The minimum absolute atomic E-state index is 1.27. The molecule has 15 heavy (non-hydrogen) atoms. The Hall–Kier alpha value is -1.82. The van der Waals surface area contributed by atoms with Crippen LogP contribution in [0.3, 0.4) is 0 Å². The second-order valence-corrected chi connectivity index (χ2v) is 3.57. The summed E-state index contributed by atoms with van der Waals surface area (Å²) < 4.78 is 0. The minimum Gasteiger partial charge on any atom is -0.0623 e. The number of hydrogen-bond acceptors (Lipinski definition) is 0. The van der Waals surface area contributed by atoms with Crippen molar-refractivity contribution in [1.29, 1.82) is 0 Å². The van der Waals surface area contributed by atoms with E-state index >= 15 is 0 Å². The fraction of sp³-hybridized carbons (Fsp3) is 0.0667. The molecule has 0 radical (unpaired) electrons.